The minimum absolute atomic E-state index is 0.164. The van der Waals surface area contributed by atoms with Crippen molar-refractivity contribution in [2.45, 2.75) is 31.9 Å². The number of pyridine rings is 1. The number of ether oxygens (including phenoxy) is 1. The van der Waals surface area contributed by atoms with Crippen LogP contribution in [-0.2, 0) is 28.5 Å². The number of anilines is 2. The summed E-state index contributed by atoms with van der Waals surface area (Å²) in [6.07, 6.45) is 0.229. The molecule has 0 saturated carbocycles. The number of nitrogens with one attached hydrogen (secondary N) is 1. The molecule has 1 saturated heterocycles. The number of aryl methyl sites for hydroxylation is 1. The summed E-state index contributed by atoms with van der Waals surface area (Å²) in [5, 5.41) is 3.45. The van der Waals surface area contributed by atoms with Gasteiger partial charge in [0.05, 0.1) is 24.8 Å². The van der Waals surface area contributed by atoms with Crippen LogP contribution in [0.3, 0.4) is 0 Å². The van der Waals surface area contributed by atoms with Gasteiger partial charge in [-0.3, -0.25) is 9.69 Å². The van der Waals surface area contributed by atoms with E-state index in [1.165, 1.54) is 24.5 Å². The second-order valence-electron chi connectivity index (χ2n) is 8.12. The van der Waals surface area contributed by atoms with Crippen LogP contribution in [0.5, 0.6) is 0 Å². The number of halogens is 3. The SMILES string of the molecule is COC(=O)c1c(NC(=O)CN2CCN(c3ccc(C(F)(F)F)cn3)CC2)sc2c1CCCC2. The number of carbonyl (C=O) groups excluding carboxylic acids is 2. The zero-order chi connectivity index (χ0) is 23.6. The standard InChI is InChI=1S/C22H25F3N4O3S/c1-32-21(31)19-15-4-2-3-5-16(15)33-20(19)27-18(30)13-28-8-10-29(11-9-28)17-7-6-14(12-26-17)22(23,24)25/h6-7,12H,2-5,8-11,13H2,1H3,(H,27,30). The van der Waals surface area contributed by atoms with Crippen LogP contribution in [-0.4, -0.2) is 61.6 Å². The third kappa shape index (κ3) is 5.30. The molecule has 4 rings (SSSR count). The molecule has 0 bridgehead atoms. The molecular weight excluding hydrogens is 457 g/mol. The number of piperazine rings is 1. The summed E-state index contributed by atoms with van der Waals surface area (Å²) in [5.74, 6) is -0.152. The highest BCUT2D eigenvalue weighted by Crippen LogP contribution is 2.38. The highest BCUT2D eigenvalue weighted by Gasteiger charge is 2.31. The molecule has 0 spiro atoms. The van der Waals surface area contributed by atoms with Crippen molar-refractivity contribution in [3.8, 4) is 0 Å². The number of amides is 1. The van der Waals surface area contributed by atoms with Gasteiger partial charge in [-0.1, -0.05) is 0 Å². The second kappa shape index (κ2) is 9.68. The topological polar surface area (TPSA) is 74.8 Å². The van der Waals surface area contributed by atoms with Gasteiger partial charge in [-0.2, -0.15) is 13.2 Å². The lowest BCUT2D eigenvalue weighted by Gasteiger charge is -2.35. The summed E-state index contributed by atoms with van der Waals surface area (Å²) >= 11 is 1.45. The lowest BCUT2D eigenvalue weighted by Crippen LogP contribution is -2.49. The third-order valence-corrected chi connectivity index (χ3v) is 7.16. The van der Waals surface area contributed by atoms with Crippen molar-refractivity contribution >= 4 is 34.0 Å². The molecule has 1 N–H and O–H groups in total. The minimum atomic E-state index is -4.41. The maximum absolute atomic E-state index is 12.7. The van der Waals surface area contributed by atoms with E-state index in [1.54, 1.807) is 0 Å². The summed E-state index contributed by atoms with van der Waals surface area (Å²) < 4.78 is 43.1. The van der Waals surface area contributed by atoms with E-state index >= 15 is 0 Å². The predicted octanol–water partition coefficient (Wildman–Crippen LogP) is 3.59. The molecule has 178 valence electrons. The molecule has 33 heavy (non-hydrogen) atoms. The largest absolute Gasteiger partial charge is 0.465 e. The molecule has 1 fully saturated rings. The van der Waals surface area contributed by atoms with Crippen molar-refractivity contribution in [3.63, 3.8) is 0 Å². The fourth-order valence-electron chi connectivity index (χ4n) is 4.22. The number of aromatic nitrogens is 1. The first-order chi connectivity index (χ1) is 15.8. The van der Waals surface area contributed by atoms with Gasteiger partial charge in [0.2, 0.25) is 5.91 Å². The Morgan fingerprint density at radius 1 is 1.15 bits per heavy atom. The van der Waals surface area contributed by atoms with E-state index in [0.717, 1.165) is 48.4 Å². The molecule has 0 unspecified atom stereocenters. The van der Waals surface area contributed by atoms with E-state index in [0.29, 0.717) is 42.6 Å². The van der Waals surface area contributed by atoms with Crippen LogP contribution in [0.2, 0.25) is 0 Å². The van der Waals surface area contributed by atoms with E-state index in [2.05, 4.69) is 10.3 Å². The number of fused-ring (bicyclic) bond motifs is 1. The Balaban J connectivity index is 1.34. The number of hydrogen-bond acceptors (Lipinski definition) is 7. The van der Waals surface area contributed by atoms with Crippen LogP contribution in [0.1, 0.15) is 39.2 Å². The van der Waals surface area contributed by atoms with Gasteiger partial charge < -0.3 is 15.0 Å². The number of nitrogens with zero attached hydrogens (tertiary/aromatic N) is 3. The number of esters is 1. The number of alkyl halides is 3. The maximum atomic E-state index is 12.7. The molecular formula is C22H25F3N4O3S. The second-order valence-corrected chi connectivity index (χ2v) is 9.23. The van der Waals surface area contributed by atoms with Crippen LogP contribution in [0.25, 0.3) is 0 Å². The van der Waals surface area contributed by atoms with E-state index in [1.807, 2.05) is 9.80 Å². The summed E-state index contributed by atoms with van der Waals surface area (Å²) in [7, 11) is 1.34. The average Bonchev–Trinajstić information content (AvgIpc) is 3.16. The summed E-state index contributed by atoms with van der Waals surface area (Å²) in [6, 6.07) is 2.40. The van der Waals surface area contributed by atoms with Crippen molar-refractivity contribution in [1.29, 1.82) is 0 Å². The van der Waals surface area contributed by atoms with Gasteiger partial charge in [-0.05, 0) is 43.4 Å². The Hall–Kier alpha value is -2.66. The fraction of sp³-hybridized carbons (Fsp3) is 0.500. The summed E-state index contributed by atoms with van der Waals surface area (Å²) in [6.45, 7) is 2.40. The highest BCUT2D eigenvalue weighted by atomic mass is 32.1. The van der Waals surface area contributed by atoms with E-state index < -0.39 is 17.7 Å². The molecule has 2 aromatic rings. The maximum Gasteiger partial charge on any atom is 0.417 e. The monoisotopic (exact) mass is 482 g/mol. The molecule has 11 heteroatoms. The zero-order valence-corrected chi connectivity index (χ0v) is 19.0. The number of hydrogen-bond donors (Lipinski definition) is 1. The predicted molar refractivity (Wildman–Crippen MR) is 119 cm³/mol. The van der Waals surface area contributed by atoms with Gasteiger partial charge in [-0.25, -0.2) is 9.78 Å². The Labute approximate surface area is 193 Å². The third-order valence-electron chi connectivity index (χ3n) is 5.95. The lowest BCUT2D eigenvalue weighted by molar-refractivity contribution is -0.137. The van der Waals surface area contributed by atoms with Crippen LogP contribution in [0.15, 0.2) is 18.3 Å². The Kier molecular flexibility index (Phi) is 6.89. The molecule has 2 aromatic heterocycles. The molecule has 0 atom stereocenters. The van der Waals surface area contributed by atoms with Crippen molar-refractivity contribution in [2.75, 3.05) is 50.1 Å². The fourth-order valence-corrected chi connectivity index (χ4v) is 5.51. The van der Waals surface area contributed by atoms with Crippen LogP contribution in [0.4, 0.5) is 24.0 Å². The van der Waals surface area contributed by atoms with Crippen LogP contribution in [0, 0.1) is 0 Å². The van der Waals surface area contributed by atoms with Gasteiger partial charge in [0, 0.05) is 37.3 Å². The Morgan fingerprint density at radius 3 is 2.52 bits per heavy atom. The van der Waals surface area contributed by atoms with E-state index in [4.69, 9.17) is 4.74 Å². The Bertz CT molecular complexity index is 1020. The highest BCUT2D eigenvalue weighted by molar-refractivity contribution is 7.17. The molecule has 1 aliphatic carbocycles. The smallest absolute Gasteiger partial charge is 0.417 e. The zero-order valence-electron chi connectivity index (χ0n) is 18.2. The molecule has 0 radical (unpaired) electrons. The lowest BCUT2D eigenvalue weighted by atomic mass is 9.95. The molecule has 0 aromatic carbocycles. The number of rotatable bonds is 5. The normalized spacial score (nSPS) is 16.9. The first kappa shape index (κ1) is 23.5. The quantitative estimate of drug-likeness (QED) is 0.657. The number of methoxy groups -OCH3 is 1. The molecule has 1 aliphatic heterocycles. The van der Waals surface area contributed by atoms with E-state index in [-0.39, 0.29) is 12.5 Å². The van der Waals surface area contributed by atoms with Gasteiger partial charge >= 0.3 is 12.1 Å². The number of carbonyl (C=O) groups is 2. The van der Waals surface area contributed by atoms with Gasteiger partial charge in [0.15, 0.2) is 0 Å². The molecule has 2 aliphatic rings. The van der Waals surface area contributed by atoms with Crippen LogP contribution >= 0.6 is 11.3 Å². The average molecular weight is 483 g/mol. The summed E-state index contributed by atoms with van der Waals surface area (Å²) in [4.78, 5) is 34.0. The van der Waals surface area contributed by atoms with Crippen molar-refractivity contribution in [2.24, 2.45) is 0 Å². The van der Waals surface area contributed by atoms with Crippen molar-refractivity contribution < 1.29 is 27.5 Å². The first-order valence-corrected chi connectivity index (χ1v) is 11.6. The minimum Gasteiger partial charge on any atom is -0.465 e. The number of thiophene rings is 1. The van der Waals surface area contributed by atoms with Gasteiger partial charge in [-0.15, -0.1) is 11.3 Å². The Morgan fingerprint density at radius 2 is 1.88 bits per heavy atom. The van der Waals surface area contributed by atoms with Crippen molar-refractivity contribution in [1.82, 2.24) is 9.88 Å². The van der Waals surface area contributed by atoms with Crippen LogP contribution < -0.4 is 10.2 Å². The molecule has 3 heterocycles. The van der Waals surface area contributed by atoms with Gasteiger partial charge in [0.25, 0.3) is 0 Å². The molecule has 7 nitrogen and oxygen atoms in total. The summed E-state index contributed by atoms with van der Waals surface area (Å²) in [5.41, 5.74) is 0.693. The van der Waals surface area contributed by atoms with E-state index in [9.17, 15) is 22.8 Å². The van der Waals surface area contributed by atoms with Gasteiger partial charge in [0.1, 0.15) is 10.8 Å². The first-order valence-electron chi connectivity index (χ1n) is 10.8. The van der Waals surface area contributed by atoms with Crippen molar-refractivity contribution in [3.05, 3.63) is 39.9 Å². The molecule has 1 amide bonds.